The van der Waals surface area contributed by atoms with Crippen LogP contribution in [0.2, 0.25) is 0 Å². The quantitative estimate of drug-likeness (QED) is 0.706. The zero-order chi connectivity index (χ0) is 19.0. The Morgan fingerprint density at radius 3 is 2.78 bits per heavy atom. The number of methoxy groups -OCH3 is 1. The van der Waals surface area contributed by atoms with Gasteiger partial charge in [-0.3, -0.25) is 14.7 Å². The summed E-state index contributed by atoms with van der Waals surface area (Å²) in [5, 5.41) is 4.02. The average Bonchev–Trinajstić information content (AvgIpc) is 3.02. The van der Waals surface area contributed by atoms with E-state index in [1.54, 1.807) is 18.2 Å². The van der Waals surface area contributed by atoms with Gasteiger partial charge in [0.2, 0.25) is 0 Å². The van der Waals surface area contributed by atoms with E-state index < -0.39 is 0 Å². The van der Waals surface area contributed by atoms with E-state index >= 15 is 0 Å². The fourth-order valence-corrected chi connectivity index (χ4v) is 3.29. The van der Waals surface area contributed by atoms with Crippen molar-refractivity contribution in [2.45, 2.75) is 20.4 Å². The SMILES string of the molecule is COc1cc2c(cc1-c1c(C)noc1C)OCC(=O)N2Cc1ccccn1. The van der Waals surface area contributed by atoms with Crippen molar-refractivity contribution in [3.05, 3.63) is 53.7 Å². The second-order valence-corrected chi connectivity index (χ2v) is 6.31. The van der Waals surface area contributed by atoms with E-state index in [2.05, 4.69) is 10.1 Å². The van der Waals surface area contributed by atoms with E-state index in [1.165, 1.54) is 0 Å². The Morgan fingerprint density at radius 2 is 2.11 bits per heavy atom. The number of aromatic nitrogens is 2. The van der Waals surface area contributed by atoms with Crippen LogP contribution in [0.5, 0.6) is 11.5 Å². The van der Waals surface area contributed by atoms with Gasteiger partial charge in [-0.15, -0.1) is 0 Å². The Morgan fingerprint density at radius 1 is 1.26 bits per heavy atom. The van der Waals surface area contributed by atoms with E-state index in [-0.39, 0.29) is 12.5 Å². The third-order valence-electron chi connectivity index (χ3n) is 4.57. The first kappa shape index (κ1) is 17.1. The van der Waals surface area contributed by atoms with E-state index in [9.17, 15) is 4.79 Å². The number of amides is 1. The van der Waals surface area contributed by atoms with Gasteiger partial charge in [0.15, 0.2) is 6.61 Å². The number of benzene rings is 1. The fraction of sp³-hybridized carbons (Fsp3) is 0.250. The minimum atomic E-state index is -0.125. The molecule has 2 aromatic heterocycles. The van der Waals surface area contributed by atoms with Crippen LogP contribution in [0.25, 0.3) is 11.1 Å². The Labute approximate surface area is 156 Å². The third kappa shape index (κ3) is 3.01. The van der Waals surface area contributed by atoms with E-state index in [1.807, 2.05) is 44.2 Å². The van der Waals surface area contributed by atoms with Gasteiger partial charge in [0.1, 0.15) is 17.3 Å². The van der Waals surface area contributed by atoms with Crippen molar-refractivity contribution in [2.24, 2.45) is 0 Å². The molecule has 7 nitrogen and oxygen atoms in total. The first-order chi connectivity index (χ1) is 13.1. The number of aryl methyl sites for hydroxylation is 2. The molecular weight excluding hydrogens is 346 g/mol. The molecule has 0 fully saturated rings. The van der Waals surface area contributed by atoms with Crippen molar-refractivity contribution in [2.75, 3.05) is 18.6 Å². The third-order valence-corrected chi connectivity index (χ3v) is 4.57. The van der Waals surface area contributed by atoms with Crippen LogP contribution in [0.15, 0.2) is 41.1 Å². The van der Waals surface area contributed by atoms with Gasteiger partial charge in [0.05, 0.1) is 36.3 Å². The van der Waals surface area contributed by atoms with Gasteiger partial charge in [-0.2, -0.15) is 0 Å². The number of hydrogen-bond acceptors (Lipinski definition) is 6. The van der Waals surface area contributed by atoms with Crippen molar-refractivity contribution >= 4 is 11.6 Å². The highest BCUT2D eigenvalue weighted by molar-refractivity contribution is 5.99. The summed E-state index contributed by atoms with van der Waals surface area (Å²) in [6.07, 6.45) is 1.71. The van der Waals surface area contributed by atoms with Crippen LogP contribution in [0.3, 0.4) is 0 Å². The number of pyridine rings is 1. The van der Waals surface area contributed by atoms with Crippen LogP contribution in [-0.2, 0) is 11.3 Å². The minimum Gasteiger partial charge on any atom is -0.496 e. The molecule has 27 heavy (non-hydrogen) atoms. The van der Waals surface area contributed by atoms with E-state index in [4.69, 9.17) is 14.0 Å². The number of fused-ring (bicyclic) bond motifs is 1. The summed E-state index contributed by atoms with van der Waals surface area (Å²) in [6, 6.07) is 9.32. The van der Waals surface area contributed by atoms with Crippen molar-refractivity contribution in [1.29, 1.82) is 0 Å². The maximum atomic E-state index is 12.5. The molecule has 3 heterocycles. The largest absolute Gasteiger partial charge is 0.496 e. The Balaban J connectivity index is 1.81. The maximum Gasteiger partial charge on any atom is 0.265 e. The second kappa shape index (κ2) is 6.75. The first-order valence-electron chi connectivity index (χ1n) is 8.57. The van der Waals surface area contributed by atoms with Crippen LogP contribution >= 0.6 is 0 Å². The molecule has 0 saturated carbocycles. The summed E-state index contributed by atoms with van der Waals surface area (Å²) in [6.45, 7) is 4.07. The highest BCUT2D eigenvalue weighted by Crippen LogP contribution is 2.44. The standard InChI is InChI=1S/C20H19N3O4/c1-12-20(13(2)27-22-12)15-8-18-16(9-17(15)25-3)23(19(24)11-26-18)10-14-6-4-5-7-21-14/h4-9H,10-11H2,1-3H3. The van der Waals surface area contributed by atoms with E-state index in [0.29, 0.717) is 29.5 Å². The summed E-state index contributed by atoms with van der Waals surface area (Å²) in [5.74, 6) is 1.80. The van der Waals surface area contributed by atoms with Crippen LogP contribution in [-0.4, -0.2) is 29.8 Å². The molecule has 0 spiro atoms. The molecule has 4 rings (SSSR count). The van der Waals surface area contributed by atoms with Crippen LogP contribution in [0.4, 0.5) is 5.69 Å². The molecule has 0 N–H and O–H groups in total. The maximum absolute atomic E-state index is 12.5. The van der Waals surface area contributed by atoms with Crippen molar-refractivity contribution in [3.8, 4) is 22.6 Å². The van der Waals surface area contributed by atoms with E-state index in [0.717, 1.165) is 22.5 Å². The first-order valence-corrected chi connectivity index (χ1v) is 8.57. The molecule has 138 valence electrons. The minimum absolute atomic E-state index is 0.0206. The number of hydrogen-bond donors (Lipinski definition) is 0. The van der Waals surface area contributed by atoms with Gasteiger partial charge >= 0.3 is 0 Å². The van der Waals surface area contributed by atoms with Gasteiger partial charge in [0, 0.05) is 17.8 Å². The number of carbonyl (C=O) groups is 1. The van der Waals surface area contributed by atoms with Gasteiger partial charge in [-0.25, -0.2) is 0 Å². The normalized spacial score (nSPS) is 13.3. The lowest BCUT2D eigenvalue weighted by Gasteiger charge is -2.30. The number of anilines is 1. The monoisotopic (exact) mass is 365 g/mol. The average molecular weight is 365 g/mol. The molecule has 0 unspecified atom stereocenters. The topological polar surface area (TPSA) is 77.7 Å². The molecule has 0 saturated heterocycles. The van der Waals surface area contributed by atoms with Gasteiger partial charge in [-0.1, -0.05) is 11.2 Å². The lowest BCUT2D eigenvalue weighted by atomic mass is 10.0. The van der Waals surface area contributed by atoms with Gasteiger partial charge in [0.25, 0.3) is 5.91 Å². The molecule has 0 radical (unpaired) electrons. The lowest BCUT2D eigenvalue weighted by molar-refractivity contribution is -0.121. The molecule has 0 aliphatic carbocycles. The number of nitrogens with zero attached hydrogens (tertiary/aromatic N) is 3. The Bertz CT molecular complexity index is 978. The molecule has 1 amide bonds. The Kier molecular flexibility index (Phi) is 4.27. The number of ether oxygens (including phenoxy) is 2. The highest BCUT2D eigenvalue weighted by Gasteiger charge is 2.29. The summed E-state index contributed by atoms with van der Waals surface area (Å²) < 4.78 is 16.6. The fourth-order valence-electron chi connectivity index (χ4n) is 3.29. The molecule has 1 aliphatic heterocycles. The summed E-state index contributed by atoms with van der Waals surface area (Å²) in [7, 11) is 1.60. The smallest absolute Gasteiger partial charge is 0.265 e. The second-order valence-electron chi connectivity index (χ2n) is 6.31. The zero-order valence-corrected chi connectivity index (χ0v) is 15.4. The molecular formula is C20H19N3O4. The predicted molar refractivity (Wildman–Crippen MR) is 98.9 cm³/mol. The molecule has 7 heteroatoms. The number of rotatable bonds is 4. The molecule has 1 aromatic carbocycles. The van der Waals surface area contributed by atoms with Crippen molar-refractivity contribution in [3.63, 3.8) is 0 Å². The molecule has 1 aliphatic rings. The number of carbonyl (C=O) groups excluding carboxylic acids is 1. The van der Waals surface area contributed by atoms with Crippen molar-refractivity contribution in [1.82, 2.24) is 10.1 Å². The van der Waals surface area contributed by atoms with Gasteiger partial charge in [-0.05, 0) is 32.0 Å². The van der Waals surface area contributed by atoms with Crippen LogP contribution in [0.1, 0.15) is 17.1 Å². The summed E-state index contributed by atoms with van der Waals surface area (Å²) >= 11 is 0. The van der Waals surface area contributed by atoms with Crippen molar-refractivity contribution < 1.29 is 18.8 Å². The summed E-state index contributed by atoms with van der Waals surface area (Å²) in [5.41, 5.74) is 3.91. The van der Waals surface area contributed by atoms with Crippen LogP contribution in [0, 0.1) is 13.8 Å². The van der Waals surface area contributed by atoms with Crippen LogP contribution < -0.4 is 14.4 Å². The molecule has 0 bridgehead atoms. The predicted octanol–water partition coefficient (Wildman–Crippen LogP) is 3.29. The molecule has 3 aromatic rings. The Hall–Kier alpha value is -3.35. The zero-order valence-electron chi connectivity index (χ0n) is 15.4. The highest BCUT2D eigenvalue weighted by atomic mass is 16.5. The lowest BCUT2D eigenvalue weighted by Crippen LogP contribution is -2.38. The molecule has 0 atom stereocenters. The summed E-state index contributed by atoms with van der Waals surface area (Å²) in [4.78, 5) is 18.5. The van der Waals surface area contributed by atoms with Gasteiger partial charge < -0.3 is 14.0 Å².